The average molecular weight is 389 g/mol. The molecule has 0 unspecified atom stereocenters. The van der Waals surface area contributed by atoms with Crippen molar-refractivity contribution < 1.29 is 13.9 Å². The third-order valence-electron chi connectivity index (χ3n) is 4.80. The van der Waals surface area contributed by atoms with Gasteiger partial charge in [-0.1, -0.05) is 23.9 Å². The van der Waals surface area contributed by atoms with Crippen LogP contribution in [0.3, 0.4) is 0 Å². The molecule has 1 fully saturated rings. The first-order valence-electron chi connectivity index (χ1n) is 9.02. The van der Waals surface area contributed by atoms with Gasteiger partial charge in [0.1, 0.15) is 5.82 Å². The highest BCUT2D eigenvalue weighted by atomic mass is 32.2. The number of nitrogens with zero attached hydrogens (tertiary/aromatic N) is 2. The van der Waals surface area contributed by atoms with E-state index >= 15 is 0 Å². The van der Waals surface area contributed by atoms with Gasteiger partial charge >= 0.3 is 0 Å². The number of ether oxygens (including phenoxy) is 1. The van der Waals surface area contributed by atoms with Gasteiger partial charge < -0.3 is 10.1 Å². The highest BCUT2D eigenvalue weighted by Crippen LogP contribution is 2.34. The summed E-state index contributed by atoms with van der Waals surface area (Å²) < 4.78 is 19.2. The Bertz CT molecular complexity index is 789. The average Bonchev–Trinajstić information content (AvgIpc) is 2.65. The van der Waals surface area contributed by atoms with Gasteiger partial charge in [-0.15, -0.1) is 0 Å². The molecule has 1 amide bonds. The molecule has 1 saturated heterocycles. The van der Waals surface area contributed by atoms with Crippen molar-refractivity contribution in [3.8, 4) is 0 Å². The molecule has 0 bridgehead atoms. The minimum atomic E-state index is -0.295. The van der Waals surface area contributed by atoms with E-state index in [4.69, 9.17) is 4.74 Å². The van der Waals surface area contributed by atoms with E-state index in [1.165, 1.54) is 17.8 Å². The smallest absolute Gasteiger partial charge is 0.230 e. The number of carbonyl (C=O) groups is 1. The molecular weight excluding hydrogens is 365 g/mol. The quantitative estimate of drug-likeness (QED) is 0.607. The molecule has 1 aromatic heterocycles. The number of benzene rings is 1. The molecule has 0 aliphatic carbocycles. The minimum Gasteiger partial charge on any atom is -0.381 e. The Kier molecular flexibility index (Phi) is 6.44. The van der Waals surface area contributed by atoms with Crippen LogP contribution >= 0.6 is 11.8 Å². The summed E-state index contributed by atoms with van der Waals surface area (Å²) in [5.41, 5.74) is 2.39. The summed E-state index contributed by atoms with van der Waals surface area (Å²) in [5, 5.41) is 3.62. The van der Waals surface area contributed by atoms with Crippen molar-refractivity contribution in [2.24, 2.45) is 0 Å². The zero-order valence-corrected chi connectivity index (χ0v) is 16.4. The van der Waals surface area contributed by atoms with Crippen LogP contribution in [0.5, 0.6) is 0 Å². The molecule has 2 aromatic rings. The molecule has 0 atom stereocenters. The second-order valence-electron chi connectivity index (χ2n) is 6.90. The van der Waals surface area contributed by atoms with Gasteiger partial charge in [-0.05, 0) is 50.5 Å². The van der Waals surface area contributed by atoms with E-state index in [1.54, 1.807) is 12.1 Å². The first kappa shape index (κ1) is 19.8. The number of carbonyl (C=O) groups excluding carboxylic acids is 1. The summed E-state index contributed by atoms with van der Waals surface area (Å²) in [5.74, 6) is -0.0873. The Morgan fingerprint density at radius 2 is 1.93 bits per heavy atom. The van der Waals surface area contributed by atoms with Crippen LogP contribution in [-0.2, 0) is 14.9 Å². The maximum Gasteiger partial charge on any atom is 0.230 e. The van der Waals surface area contributed by atoms with E-state index in [0.717, 1.165) is 29.8 Å². The second-order valence-corrected chi connectivity index (χ2v) is 7.84. The van der Waals surface area contributed by atoms with Crippen LogP contribution in [0.4, 0.5) is 4.39 Å². The lowest BCUT2D eigenvalue weighted by atomic mass is 9.74. The fraction of sp³-hybridized carbons (Fsp3) is 0.450. The van der Waals surface area contributed by atoms with Crippen LogP contribution in [0.25, 0.3) is 0 Å². The molecule has 0 spiro atoms. The molecule has 0 radical (unpaired) electrons. The fourth-order valence-electron chi connectivity index (χ4n) is 3.36. The van der Waals surface area contributed by atoms with Gasteiger partial charge in [-0.2, -0.15) is 0 Å². The summed E-state index contributed by atoms with van der Waals surface area (Å²) in [6, 6.07) is 8.55. The number of aryl methyl sites for hydroxylation is 2. The minimum absolute atomic E-state index is 0.0787. The molecule has 1 aliphatic rings. The van der Waals surface area contributed by atoms with Crippen LogP contribution in [0.1, 0.15) is 29.8 Å². The number of amides is 1. The summed E-state index contributed by atoms with van der Waals surface area (Å²) in [7, 11) is 0. The Hall–Kier alpha value is -1.99. The molecule has 27 heavy (non-hydrogen) atoms. The van der Waals surface area contributed by atoms with Gasteiger partial charge in [0.15, 0.2) is 5.16 Å². The highest BCUT2D eigenvalue weighted by Gasteiger charge is 2.35. The Morgan fingerprint density at radius 1 is 1.22 bits per heavy atom. The third-order valence-corrected chi connectivity index (χ3v) is 5.65. The largest absolute Gasteiger partial charge is 0.381 e. The first-order chi connectivity index (χ1) is 13.0. The summed E-state index contributed by atoms with van der Waals surface area (Å²) in [4.78, 5) is 21.1. The van der Waals surface area contributed by atoms with E-state index in [-0.39, 0.29) is 22.9 Å². The lowest BCUT2D eigenvalue weighted by molar-refractivity contribution is -0.119. The lowest BCUT2D eigenvalue weighted by Crippen LogP contribution is -2.45. The van der Waals surface area contributed by atoms with Crippen molar-refractivity contribution in [1.82, 2.24) is 15.3 Å². The number of aromatic nitrogens is 2. The Morgan fingerprint density at radius 3 is 2.59 bits per heavy atom. The maximum atomic E-state index is 13.7. The molecule has 1 aliphatic heterocycles. The number of rotatable bonds is 6. The molecule has 1 N–H and O–H groups in total. The van der Waals surface area contributed by atoms with Gasteiger partial charge in [-0.3, -0.25) is 4.79 Å². The Balaban J connectivity index is 1.62. The summed E-state index contributed by atoms with van der Waals surface area (Å²) in [6.45, 7) is 5.50. The van der Waals surface area contributed by atoms with E-state index < -0.39 is 0 Å². The zero-order chi connectivity index (χ0) is 19.3. The normalized spacial score (nSPS) is 16.1. The summed E-state index contributed by atoms with van der Waals surface area (Å²) >= 11 is 1.32. The number of halogens is 1. The molecule has 144 valence electrons. The van der Waals surface area contributed by atoms with Crippen molar-refractivity contribution >= 4 is 17.7 Å². The molecule has 0 saturated carbocycles. The molecule has 3 rings (SSSR count). The zero-order valence-electron chi connectivity index (χ0n) is 15.6. The molecule has 5 nitrogen and oxygen atoms in total. The van der Waals surface area contributed by atoms with Gasteiger partial charge in [0.25, 0.3) is 0 Å². The van der Waals surface area contributed by atoms with Gasteiger partial charge in [0.2, 0.25) is 5.91 Å². The van der Waals surface area contributed by atoms with Crippen molar-refractivity contribution in [3.05, 3.63) is 53.1 Å². The van der Waals surface area contributed by atoms with E-state index in [1.807, 2.05) is 26.0 Å². The molecule has 1 aromatic carbocycles. The van der Waals surface area contributed by atoms with Crippen LogP contribution in [-0.4, -0.2) is 41.4 Å². The molecular formula is C20H24FN3O2S. The van der Waals surface area contributed by atoms with Gasteiger partial charge in [0, 0.05) is 36.6 Å². The number of nitrogens with one attached hydrogen (secondary N) is 1. The molecule has 7 heteroatoms. The van der Waals surface area contributed by atoms with E-state index in [2.05, 4.69) is 15.3 Å². The van der Waals surface area contributed by atoms with Gasteiger partial charge in [0.05, 0.1) is 5.75 Å². The van der Waals surface area contributed by atoms with Crippen LogP contribution in [0, 0.1) is 19.7 Å². The van der Waals surface area contributed by atoms with Crippen molar-refractivity contribution in [2.75, 3.05) is 25.5 Å². The van der Waals surface area contributed by atoms with Crippen LogP contribution in [0.15, 0.2) is 35.5 Å². The first-order valence-corrected chi connectivity index (χ1v) is 10.0. The monoisotopic (exact) mass is 389 g/mol. The highest BCUT2D eigenvalue weighted by molar-refractivity contribution is 7.99. The number of hydrogen-bond donors (Lipinski definition) is 1. The van der Waals surface area contributed by atoms with E-state index in [0.29, 0.717) is 24.9 Å². The second kappa shape index (κ2) is 8.80. The topological polar surface area (TPSA) is 64.1 Å². The lowest BCUT2D eigenvalue weighted by Gasteiger charge is -2.38. The van der Waals surface area contributed by atoms with Crippen molar-refractivity contribution in [3.63, 3.8) is 0 Å². The van der Waals surface area contributed by atoms with Crippen LogP contribution in [0.2, 0.25) is 0 Å². The van der Waals surface area contributed by atoms with Crippen molar-refractivity contribution in [1.29, 1.82) is 0 Å². The third kappa shape index (κ3) is 5.26. The molecule has 2 heterocycles. The standard InChI is InChI=1S/C20H24FN3O2S/c1-14-10-15(2)24-19(23-14)27-12-18(25)22-13-20(6-8-26-9-7-20)16-4-3-5-17(21)11-16/h3-5,10-11H,6-9,12-13H2,1-2H3,(H,22,25). The SMILES string of the molecule is Cc1cc(C)nc(SCC(=O)NCC2(c3cccc(F)c3)CCOCC2)n1. The van der Waals surface area contributed by atoms with Crippen LogP contribution < -0.4 is 5.32 Å². The number of hydrogen-bond acceptors (Lipinski definition) is 5. The van der Waals surface area contributed by atoms with Gasteiger partial charge in [-0.25, -0.2) is 14.4 Å². The predicted molar refractivity (Wildman–Crippen MR) is 103 cm³/mol. The van der Waals surface area contributed by atoms with E-state index in [9.17, 15) is 9.18 Å². The predicted octanol–water partition coefficient (Wildman–Crippen LogP) is 3.19. The Labute approximate surface area is 163 Å². The fourth-order valence-corrected chi connectivity index (χ4v) is 4.13. The summed E-state index contributed by atoms with van der Waals surface area (Å²) in [6.07, 6.45) is 1.51. The maximum absolute atomic E-state index is 13.7. The number of thioether (sulfide) groups is 1. The van der Waals surface area contributed by atoms with Crippen molar-refractivity contribution in [2.45, 2.75) is 37.3 Å².